The number of hydrogen-bond acceptors (Lipinski definition) is 5. The fourth-order valence-corrected chi connectivity index (χ4v) is 3.96. The Morgan fingerprint density at radius 3 is 2.82 bits per heavy atom. The summed E-state index contributed by atoms with van der Waals surface area (Å²) in [5.74, 6) is -0.121. The van der Waals surface area contributed by atoms with Crippen LogP contribution in [0, 0.1) is 11.3 Å². The summed E-state index contributed by atoms with van der Waals surface area (Å²) < 4.78 is 5.98. The molecule has 7 heteroatoms. The van der Waals surface area contributed by atoms with E-state index < -0.39 is 5.97 Å². The van der Waals surface area contributed by atoms with Crippen LogP contribution in [0.3, 0.4) is 0 Å². The summed E-state index contributed by atoms with van der Waals surface area (Å²) in [7, 11) is 0. The number of carbonyl (C=O) groups excluding carboxylic acids is 1. The first-order valence-corrected chi connectivity index (χ1v) is 9.87. The first kappa shape index (κ1) is 20.2. The average Bonchev–Trinajstić information content (AvgIpc) is 3.34. The zero-order chi connectivity index (χ0) is 20.3. The Morgan fingerprint density at radius 2 is 2.14 bits per heavy atom. The smallest absolute Gasteiger partial charge is 0.335 e. The van der Waals surface area contributed by atoms with Crippen molar-refractivity contribution < 1.29 is 19.4 Å². The van der Waals surface area contributed by atoms with Gasteiger partial charge < -0.3 is 14.7 Å². The Kier molecular flexibility index (Phi) is 6.20. The van der Waals surface area contributed by atoms with Gasteiger partial charge in [0.05, 0.1) is 17.7 Å². The molecule has 0 unspecified atom stereocenters. The summed E-state index contributed by atoms with van der Waals surface area (Å²) in [5, 5.41) is 21.7. The molecule has 1 aromatic carbocycles. The van der Waals surface area contributed by atoms with Crippen molar-refractivity contribution in [1.82, 2.24) is 10.2 Å². The van der Waals surface area contributed by atoms with Crippen LogP contribution in [0.5, 0.6) is 5.75 Å². The molecule has 3 atom stereocenters. The van der Waals surface area contributed by atoms with Crippen LogP contribution in [-0.4, -0.2) is 53.2 Å². The summed E-state index contributed by atoms with van der Waals surface area (Å²) >= 11 is 0. The zero-order valence-electron chi connectivity index (χ0n) is 16.4. The molecule has 2 heterocycles. The van der Waals surface area contributed by atoms with E-state index in [0.29, 0.717) is 18.9 Å². The molecule has 3 rings (SSSR count). The largest absolute Gasteiger partial charge is 0.492 e. The number of amides is 1. The number of ether oxygens (including phenoxy) is 1. The number of nitrogens with zero attached hydrogens (tertiary/aromatic N) is 2. The van der Waals surface area contributed by atoms with E-state index in [9.17, 15) is 20.0 Å². The highest BCUT2D eigenvalue weighted by molar-refractivity contribution is 5.88. The van der Waals surface area contributed by atoms with Gasteiger partial charge in [-0.3, -0.25) is 10.1 Å². The highest BCUT2D eigenvalue weighted by Crippen LogP contribution is 2.29. The standard InChI is InChI=1S/C21H27N3O4/c1-13(2)17-10-14(21(26)27)5-8-19(17)28-12-15-6-7-18(23-15)20(25)24-9-3-4-16(24)11-22/h5,8,10,13,15-16,18,23H,3-4,6-7,9,12H2,1-2H3,(H,26,27)/t15-,16+,18+/m1/s1. The Hall–Kier alpha value is -2.59. The van der Waals surface area contributed by atoms with Gasteiger partial charge in [-0.1, -0.05) is 13.8 Å². The number of carbonyl (C=O) groups is 2. The third-order valence-corrected chi connectivity index (χ3v) is 5.54. The second-order valence-corrected chi connectivity index (χ2v) is 7.84. The number of benzene rings is 1. The van der Waals surface area contributed by atoms with Crippen molar-refractivity contribution >= 4 is 11.9 Å². The number of nitrogens with one attached hydrogen (secondary N) is 1. The summed E-state index contributed by atoms with van der Waals surface area (Å²) in [6, 6.07) is 6.62. The van der Waals surface area contributed by atoms with E-state index in [-0.39, 0.29) is 35.5 Å². The molecule has 2 N–H and O–H groups in total. The summed E-state index contributed by atoms with van der Waals surface area (Å²) in [4.78, 5) is 25.6. The zero-order valence-corrected chi connectivity index (χ0v) is 16.4. The molecule has 0 aromatic heterocycles. The van der Waals surface area contributed by atoms with Crippen molar-refractivity contribution in [3.8, 4) is 11.8 Å². The minimum absolute atomic E-state index is 0.0141. The lowest BCUT2D eigenvalue weighted by Crippen LogP contribution is -2.47. The number of hydrogen-bond donors (Lipinski definition) is 2. The highest BCUT2D eigenvalue weighted by atomic mass is 16.5. The molecule has 2 fully saturated rings. The Morgan fingerprint density at radius 1 is 1.36 bits per heavy atom. The van der Waals surface area contributed by atoms with Crippen molar-refractivity contribution in [3.05, 3.63) is 29.3 Å². The average molecular weight is 385 g/mol. The maximum Gasteiger partial charge on any atom is 0.335 e. The second-order valence-electron chi connectivity index (χ2n) is 7.84. The molecule has 2 aliphatic heterocycles. The number of likely N-dealkylation sites (tertiary alicyclic amines) is 1. The van der Waals surface area contributed by atoms with E-state index in [1.54, 1.807) is 23.1 Å². The molecule has 1 aromatic rings. The molecular weight excluding hydrogens is 358 g/mol. The number of aromatic carboxylic acids is 1. The van der Waals surface area contributed by atoms with Gasteiger partial charge in [0.15, 0.2) is 0 Å². The van der Waals surface area contributed by atoms with Crippen molar-refractivity contribution in [1.29, 1.82) is 5.26 Å². The Balaban J connectivity index is 1.59. The van der Waals surface area contributed by atoms with Crippen LogP contribution < -0.4 is 10.1 Å². The lowest BCUT2D eigenvalue weighted by molar-refractivity contribution is -0.133. The predicted molar refractivity (Wildman–Crippen MR) is 103 cm³/mol. The quantitative estimate of drug-likeness (QED) is 0.780. The van der Waals surface area contributed by atoms with Crippen LogP contribution in [0.15, 0.2) is 18.2 Å². The van der Waals surface area contributed by atoms with E-state index in [0.717, 1.165) is 31.2 Å². The molecule has 0 spiro atoms. The van der Waals surface area contributed by atoms with Crippen molar-refractivity contribution in [3.63, 3.8) is 0 Å². The van der Waals surface area contributed by atoms with Gasteiger partial charge in [0, 0.05) is 12.6 Å². The van der Waals surface area contributed by atoms with Crippen LogP contribution in [0.4, 0.5) is 0 Å². The van der Waals surface area contributed by atoms with Crippen LogP contribution >= 0.6 is 0 Å². The molecule has 0 radical (unpaired) electrons. The number of rotatable bonds is 6. The van der Waals surface area contributed by atoms with Crippen LogP contribution in [0.1, 0.15) is 61.4 Å². The van der Waals surface area contributed by atoms with Crippen molar-refractivity contribution in [2.45, 2.75) is 63.6 Å². The predicted octanol–water partition coefficient (Wildman–Crippen LogP) is 2.52. The van der Waals surface area contributed by atoms with Crippen LogP contribution in [-0.2, 0) is 4.79 Å². The normalized spacial score (nSPS) is 24.4. The lowest BCUT2D eigenvalue weighted by Gasteiger charge is -2.24. The molecule has 28 heavy (non-hydrogen) atoms. The van der Waals surface area contributed by atoms with Gasteiger partial charge >= 0.3 is 5.97 Å². The third kappa shape index (κ3) is 4.28. The fourth-order valence-electron chi connectivity index (χ4n) is 3.96. The first-order valence-electron chi connectivity index (χ1n) is 9.87. The van der Waals surface area contributed by atoms with Gasteiger partial charge in [0.25, 0.3) is 0 Å². The molecule has 1 amide bonds. The Bertz CT molecular complexity index is 786. The maximum atomic E-state index is 12.7. The van der Waals surface area contributed by atoms with E-state index >= 15 is 0 Å². The van der Waals surface area contributed by atoms with E-state index in [2.05, 4.69) is 11.4 Å². The maximum absolute atomic E-state index is 12.7. The SMILES string of the molecule is CC(C)c1cc(C(=O)O)ccc1OC[C@H]1CC[C@@H](C(=O)N2CCC[C@H]2C#N)N1. The van der Waals surface area contributed by atoms with Gasteiger partial charge in [0.2, 0.25) is 5.91 Å². The van der Waals surface area contributed by atoms with E-state index in [1.807, 2.05) is 13.8 Å². The molecule has 0 saturated carbocycles. The minimum Gasteiger partial charge on any atom is -0.492 e. The lowest BCUT2D eigenvalue weighted by atomic mass is 9.99. The van der Waals surface area contributed by atoms with Crippen LogP contribution in [0.2, 0.25) is 0 Å². The molecule has 150 valence electrons. The monoisotopic (exact) mass is 385 g/mol. The fraction of sp³-hybridized carbons (Fsp3) is 0.571. The van der Waals surface area contributed by atoms with Gasteiger partial charge in [-0.05, 0) is 55.4 Å². The molecule has 2 aliphatic rings. The van der Waals surface area contributed by atoms with Crippen molar-refractivity contribution in [2.24, 2.45) is 0 Å². The summed E-state index contributed by atoms with van der Waals surface area (Å²) in [5.41, 5.74) is 1.11. The molecule has 7 nitrogen and oxygen atoms in total. The molecule has 0 aliphatic carbocycles. The second kappa shape index (κ2) is 8.61. The molecular formula is C21H27N3O4. The highest BCUT2D eigenvalue weighted by Gasteiger charge is 2.37. The number of carboxylic acids is 1. The number of nitriles is 1. The molecule has 0 bridgehead atoms. The summed E-state index contributed by atoms with van der Waals surface area (Å²) in [6.45, 7) is 5.07. The van der Waals surface area contributed by atoms with Gasteiger partial charge in [0.1, 0.15) is 18.4 Å². The summed E-state index contributed by atoms with van der Waals surface area (Å²) in [6.07, 6.45) is 3.20. The third-order valence-electron chi connectivity index (χ3n) is 5.54. The molecule has 2 saturated heterocycles. The first-order chi connectivity index (χ1) is 13.4. The Labute approximate surface area is 165 Å². The van der Waals surface area contributed by atoms with Crippen LogP contribution in [0.25, 0.3) is 0 Å². The van der Waals surface area contributed by atoms with Crippen molar-refractivity contribution in [2.75, 3.05) is 13.2 Å². The number of carboxylic acid groups (broad SMARTS) is 1. The topological polar surface area (TPSA) is 103 Å². The van der Waals surface area contributed by atoms with Gasteiger partial charge in [-0.25, -0.2) is 4.79 Å². The van der Waals surface area contributed by atoms with E-state index in [4.69, 9.17) is 4.74 Å². The van der Waals surface area contributed by atoms with Gasteiger partial charge in [-0.2, -0.15) is 5.26 Å². The van der Waals surface area contributed by atoms with Gasteiger partial charge in [-0.15, -0.1) is 0 Å². The minimum atomic E-state index is -0.954. The van der Waals surface area contributed by atoms with E-state index in [1.165, 1.54) is 0 Å².